The predicted molar refractivity (Wildman–Crippen MR) is 88.8 cm³/mol. The monoisotopic (exact) mass is 333 g/mol. The van der Waals surface area contributed by atoms with Gasteiger partial charge in [0, 0.05) is 17.6 Å². The normalized spacial score (nSPS) is 21.0. The zero-order valence-corrected chi connectivity index (χ0v) is 14.0. The Labute approximate surface area is 140 Å². The van der Waals surface area contributed by atoms with Crippen LogP contribution in [-0.4, -0.2) is 44.9 Å². The van der Waals surface area contributed by atoms with Crippen LogP contribution >= 0.6 is 11.6 Å². The van der Waals surface area contributed by atoms with E-state index in [1.807, 2.05) is 30.9 Å². The lowest BCUT2D eigenvalue weighted by atomic mass is 10.1. The summed E-state index contributed by atoms with van der Waals surface area (Å²) in [6.45, 7) is 5.17. The van der Waals surface area contributed by atoms with Crippen LogP contribution in [0.2, 0.25) is 5.02 Å². The van der Waals surface area contributed by atoms with E-state index in [2.05, 4.69) is 10.3 Å². The molecule has 0 bridgehead atoms. The van der Waals surface area contributed by atoms with Crippen molar-refractivity contribution in [2.24, 2.45) is 11.7 Å². The molecule has 122 valence electrons. The molecule has 2 aromatic rings. The number of nitrogens with two attached hydrogens (primary N) is 1. The molecule has 2 unspecified atom stereocenters. The van der Waals surface area contributed by atoms with Crippen molar-refractivity contribution in [2.45, 2.75) is 26.3 Å². The van der Waals surface area contributed by atoms with Crippen LogP contribution in [0.4, 0.5) is 0 Å². The Morgan fingerprint density at radius 1 is 1.48 bits per heavy atom. The van der Waals surface area contributed by atoms with Gasteiger partial charge in [-0.15, -0.1) is 5.10 Å². The van der Waals surface area contributed by atoms with E-state index in [1.54, 1.807) is 16.8 Å². The van der Waals surface area contributed by atoms with E-state index in [4.69, 9.17) is 17.3 Å². The van der Waals surface area contributed by atoms with Gasteiger partial charge in [-0.05, 0) is 50.9 Å². The number of aromatic nitrogens is 3. The maximum Gasteiger partial charge on any atom is 0.276 e. The summed E-state index contributed by atoms with van der Waals surface area (Å²) in [6.07, 6.45) is 0.934. The molecular formula is C16H20ClN5O. The summed E-state index contributed by atoms with van der Waals surface area (Å²) in [7, 11) is 0. The van der Waals surface area contributed by atoms with Gasteiger partial charge in [0.25, 0.3) is 5.91 Å². The van der Waals surface area contributed by atoms with Gasteiger partial charge < -0.3 is 10.6 Å². The number of amides is 1. The van der Waals surface area contributed by atoms with Crippen molar-refractivity contribution in [3.8, 4) is 5.69 Å². The summed E-state index contributed by atoms with van der Waals surface area (Å²) >= 11 is 6.02. The summed E-state index contributed by atoms with van der Waals surface area (Å²) in [6, 6.07) is 7.48. The van der Waals surface area contributed by atoms with Gasteiger partial charge in [-0.3, -0.25) is 4.79 Å². The zero-order valence-electron chi connectivity index (χ0n) is 13.2. The number of hydrogen-bond donors (Lipinski definition) is 1. The molecule has 1 aromatic heterocycles. The predicted octanol–water partition coefficient (Wildman–Crippen LogP) is 2.04. The topological polar surface area (TPSA) is 77.0 Å². The molecule has 2 N–H and O–H groups in total. The summed E-state index contributed by atoms with van der Waals surface area (Å²) in [5.74, 6) is 0.274. The maximum absolute atomic E-state index is 12.8. The first kappa shape index (κ1) is 16.0. The van der Waals surface area contributed by atoms with Crippen LogP contribution in [0.5, 0.6) is 0 Å². The molecule has 1 saturated heterocycles. The molecule has 7 heteroatoms. The van der Waals surface area contributed by atoms with Gasteiger partial charge in [0.05, 0.1) is 11.4 Å². The Hall–Kier alpha value is -1.92. The molecule has 0 saturated carbocycles. The fraction of sp³-hybridized carbons (Fsp3) is 0.438. The van der Waals surface area contributed by atoms with Crippen LogP contribution < -0.4 is 5.73 Å². The lowest BCUT2D eigenvalue weighted by Gasteiger charge is -2.20. The average molecular weight is 334 g/mol. The van der Waals surface area contributed by atoms with E-state index < -0.39 is 0 Å². The van der Waals surface area contributed by atoms with Crippen molar-refractivity contribution in [2.75, 3.05) is 13.1 Å². The fourth-order valence-corrected chi connectivity index (χ4v) is 3.30. The third kappa shape index (κ3) is 2.96. The van der Waals surface area contributed by atoms with Crippen LogP contribution in [-0.2, 0) is 0 Å². The number of benzene rings is 1. The van der Waals surface area contributed by atoms with E-state index in [0.29, 0.717) is 35.4 Å². The molecule has 1 fully saturated rings. The highest BCUT2D eigenvalue weighted by Crippen LogP contribution is 2.25. The number of carbonyl (C=O) groups is 1. The highest BCUT2D eigenvalue weighted by atomic mass is 35.5. The summed E-state index contributed by atoms with van der Waals surface area (Å²) in [5.41, 5.74) is 7.62. The van der Waals surface area contributed by atoms with Gasteiger partial charge in [-0.2, -0.15) is 0 Å². The number of hydrogen-bond acceptors (Lipinski definition) is 4. The third-order valence-corrected chi connectivity index (χ3v) is 4.64. The molecule has 1 amide bonds. The Kier molecular flexibility index (Phi) is 4.37. The van der Waals surface area contributed by atoms with Crippen molar-refractivity contribution in [3.05, 3.63) is 40.7 Å². The quantitative estimate of drug-likeness (QED) is 0.932. The van der Waals surface area contributed by atoms with Crippen LogP contribution in [0.1, 0.15) is 29.5 Å². The summed E-state index contributed by atoms with van der Waals surface area (Å²) < 4.78 is 1.64. The Morgan fingerprint density at radius 3 is 2.91 bits per heavy atom. The minimum absolute atomic E-state index is 0.0840. The van der Waals surface area contributed by atoms with Crippen LogP contribution in [0.25, 0.3) is 5.69 Å². The van der Waals surface area contributed by atoms with E-state index in [1.165, 1.54) is 0 Å². The van der Waals surface area contributed by atoms with Crippen LogP contribution in [0.15, 0.2) is 24.3 Å². The first-order chi connectivity index (χ1) is 11.0. The molecule has 0 radical (unpaired) electrons. The fourth-order valence-electron chi connectivity index (χ4n) is 3.11. The molecule has 0 aliphatic carbocycles. The molecule has 3 rings (SSSR count). The molecule has 1 aromatic carbocycles. The molecule has 2 heterocycles. The summed E-state index contributed by atoms with van der Waals surface area (Å²) in [5, 5.41) is 8.83. The van der Waals surface area contributed by atoms with Gasteiger partial charge in [-0.25, -0.2) is 4.68 Å². The van der Waals surface area contributed by atoms with Crippen molar-refractivity contribution in [3.63, 3.8) is 0 Å². The zero-order chi connectivity index (χ0) is 16.6. The van der Waals surface area contributed by atoms with E-state index in [0.717, 1.165) is 12.1 Å². The number of likely N-dealkylation sites (tertiary alicyclic amines) is 1. The Balaban J connectivity index is 1.89. The van der Waals surface area contributed by atoms with E-state index in [9.17, 15) is 4.79 Å². The Morgan fingerprint density at radius 2 is 2.26 bits per heavy atom. The first-order valence-electron chi connectivity index (χ1n) is 7.70. The highest BCUT2D eigenvalue weighted by molar-refractivity contribution is 6.30. The average Bonchev–Trinajstić information content (AvgIpc) is 3.09. The summed E-state index contributed by atoms with van der Waals surface area (Å²) in [4.78, 5) is 14.6. The molecule has 6 nitrogen and oxygen atoms in total. The number of carbonyl (C=O) groups excluding carboxylic acids is 1. The van der Waals surface area contributed by atoms with Crippen LogP contribution in [0, 0.1) is 12.8 Å². The lowest BCUT2D eigenvalue weighted by Crippen LogP contribution is -2.35. The molecule has 0 spiro atoms. The maximum atomic E-state index is 12.8. The molecule has 1 aliphatic rings. The number of halogens is 1. The van der Waals surface area contributed by atoms with Gasteiger partial charge in [0.2, 0.25) is 0 Å². The first-order valence-corrected chi connectivity index (χ1v) is 8.08. The lowest BCUT2D eigenvalue weighted by molar-refractivity contribution is 0.0736. The highest BCUT2D eigenvalue weighted by Gasteiger charge is 2.34. The van der Waals surface area contributed by atoms with Gasteiger partial charge in [-0.1, -0.05) is 22.9 Å². The molecular weight excluding hydrogens is 314 g/mol. The van der Waals surface area contributed by atoms with Crippen molar-refractivity contribution >= 4 is 17.5 Å². The van der Waals surface area contributed by atoms with Crippen molar-refractivity contribution < 1.29 is 4.79 Å². The van der Waals surface area contributed by atoms with Crippen LogP contribution in [0.3, 0.4) is 0 Å². The Bertz CT molecular complexity index is 729. The second kappa shape index (κ2) is 6.29. The second-order valence-corrected chi connectivity index (χ2v) is 6.50. The van der Waals surface area contributed by atoms with E-state index >= 15 is 0 Å². The smallest absolute Gasteiger partial charge is 0.276 e. The number of rotatable bonds is 3. The second-order valence-electron chi connectivity index (χ2n) is 6.06. The molecule has 23 heavy (non-hydrogen) atoms. The standard InChI is InChI=1S/C16H20ClN5O/c1-10-6-12(8-18)9-21(10)16(23)15-11(2)22(20-19-15)14-5-3-4-13(17)7-14/h3-5,7,10,12H,6,8-9,18H2,1-2H3. The van der Waals surface area contributed by atoms with Crippen molar-refractivity contribution in [1.29, 1.82) is 0 Å². The van der Waals surface area contributed by atoms with E-state index in [-0.39, 0.29) is 11.9 Å². The van der Waals surface area contributed by atoms with Gasteiger partial charge >= 0.3 is 0 Å². The third-order valence-electron chi connectivity index (χ3n) is 4.41. The molecule has 2 atom stereocenters. The van der Waals surface area contributed by atoms with Crippen molar-refractivity contribution in [1.82, 2.24) is 19.9 Å². The minimum atomic E-state index is -0.0840. The SMILES string of the molecule is Cc1c(C(=O)N2CC(CN)CC2C)nnn1-c1cccc(Cl)c1. The molecule has 1 aliphatic heterocycles. The van der Waals surface area contributed by atoms with Gasteiger partial charge in [0.15, 0.2) is 5.69 Å². The largest absolute Gasteiger partial charge is 0.334 e. The number of nitrogens with zero attached hydrogens (tertiary/aromatic N) is 4. The minimum Gasteiger partial charge on any atom is -0.334 e. The van der Waals surface area contributed by atoms with Gasteiger partial charge in [0.1, 0.15) is 0 Å².